The minimum atomic E-state index is -4.37. The molecule has 224 valence electrons. The van der Waals surface area contributed by atoms with Crippen molar-refractivity contribution in [3.05, 3.63) is 41.9 Å². The van der Waals surface area contributed by atoms with Crippen molar-refractivity contribution in [2.24, 2.45) is 0 Å². The maximum absolute atomic E-state index is 13.6. The number of alkyl halides is 3. The molecule has 5 N–H and O–H groups in total. The van der Waals surface area contributed by atoms with Gasteiger partial charge in [0.15, 0.2) is 11.6 Å². The Morgan fingerprint density at radius 2 is 1.76 bits per heavy atom. The predicted octanol–water partition coefficient (Wildman–Crippen LogP) is 2.70. The summed E-state index contributed by atoms with van der Waals surface area (Å²) in [5.74, 6) is -4.87. The van der Waals surface area contributed by atoms with Gasteiger partial charge in [0.2, 0.25) is 0 Å². The molecule has 0 radical (unpaired) electrons. The molecule has 1 unspecified atom stereocenters. The first kappa shape index (κ1) is 31.3. The van der Waals surface area contributed by atoms with E-state index in [0.29, 0.717) is 36.6 Å². The number of anilines is 1. The Bertz CT molecular complexity index is 1250. The molecule has 0 saturated carbocycles. The van der Waals surface area contributed by atoms with Gasteiger partial charge in [-0.3, -0.25) is 19.4 Å². The standard InChI is InChI=1S/C19H22F3N5O.C6H8O7/c1-2-12-10-16(19(20,21)22)27-17(24-12)11-14(25-27)15-7-5-9-26(15)18(28)13-6-3-4-8-23-13;7-3(8)1-6(13,5(11)12)2-4(9)10/h3-4,6,8,11-12,15-16,24H,2,5,7,9-10H2,1H3;13H,1-2H2,(H,7,8)(H,9,10)(H,11,12)/t12-,15?,16-;/m1./s1. The van der Waals surface area contributed by atoms with Gasteiger partial charge in [0.05, 0.1) is 24.6 Å². The monoisotopic (exact) mass is 585 g/mol. The molecular formula is C25H30F3N5O8. The SMILES string of the molecule is CC[C@@H]1C[C@H](C(F)(F)F)n2nc(C3CCCN3C(=O)c3ccccn3)cc2N1.O=C(O)CC(O)(CC(=O)O)C(=O)O. The van der Waals surface area contributed by atoms with E-state index in [4.69, 9.17) is 20.4 Å². The average Bonchev–Trinajstić information content (AvgIpc) is 3.54. The molecule has 4 rings (SSSR count). The molecule has 0 aromatic carbocycles. The van der Waals surface area contributed by atoms with E-state index in [2.05, 4.69) is 15.4 Å². The number of nitrogens with zero attached hydrogens (tertiary/aromatic N) is 4. The molecule has 2 aliphatic rings. The van der Waals surface area contributed by atoms with Crippen molar-refractivity contribution in [2.75, 3.05) is 11.9 Å². The Balaban J connectivity index is 0.000000302. The maximum atomic E-state index is 13.6. The van der Waals surface area contributed by atoms with Gasteiger partial charge in [-0.25, -0.2) is 9.48 Å². The summed E-state index contributed by atoms with van der Waals surface area (Å²) in [6.07, 6.45) is -3.11. The van der Waals surface area contributed by atoms with Crippen LogP contribution in [0.5, 0.6) is 0 Å². The number of aliphatic hydroxyl groups is 1. The van der Waals surface area contributed by atoms with Crippen LogP contribution >= 0.6 is 0 Å². The number of hydrogen-bond acceptors (Lipinski definition) is 8. The molecule has 0 bridgehead atoms. The van der Waals surface area contributed by atoms with Crippen molar-refractivity contribution in [2.45, 2.75) is 75.4 Å². The molecule has 0 aliphatic carbocycles. The van der Waals surface area contributed by atoms with Crippen molar-refractivity contribution < 1.29 is 52.8 Å². The fourth-order valence-corrected chi connectivity index (χ4v) is 4.77. The second-order valence-corrected chi connectivity index (χ2v) is 9.79. The summed E-state index contributed by atoms with van der Waals surface area (Å²) < 4.78 is 41.8. The normalized spacial score (nSPS) is 20.3. The first-order chi connectivity index (χ1) is 19.2. The lowest BCUT2D eigenvalue weighted by atomic mass is 9.96. The molecule has 4 heterocycles. The molecule has 13 nitrogen and oxygen atoms in total. The third-order valence-corrected chi connectivity index (χ3v) is 6.80. The number of carbonyl (C=O) groups is 4. The number of carboxylic acid groups (broad SMARTS) is 3. The highest BCUT2D eigenvalue weighted by molar-refractivity contribution is 5.92. The predicted molar refractivity (Wildman–Crippen MR) is 134 cm³/mol. The summed E-state index contributed by atoms with van der Waals surface area (Å²) in [4.78, 5) is 49.1. The number of likely N-dealkylation sites (tertiary alicyclic amines) is 1. The van der Waals surface area contributed by atoms with E-state index in [1.165, 1.54) is 0 Å². The molecule has 1 saturated heterocycles. The lowest BCUT2D eigenvalue weighted by molar-refractivity contribution is -0.173. The van der Waals surface area contributed by atoms with E-state index in [1.807, 2.05) is 6.92 Å². The second-order valence-electron chi connectivity index (χ2n) is 9.79. The molecule has 0 spiro atoms. The lowest BCUT2D eigenvalue weighted by Crippen LogP contribution is -2.42. The zero-order valence-corrected chi connectivity index (χ0v) is 21.9. The number of fused-ring (bicyclic) bond motifs is 1. The second kappa shape index (κ2) is 12.5. The third kappa shape index (κ3) is 7.50. The summed E-state index contributed by atoms with van der Waals surface area (Å²) in [6.45, 7) is 2.40. The van der Waals surface area contributed by atoms with E-state index in [9.17, 15) is 32.3 Å². The van der Waals surface area contributed by atoms with E-state index < -0.39 is 48.6 Å². The number of amides is 1. The zero-order valence-electron chi connectivity index (χ0n) is 21.9. The van der Waals surface area contributed by atoms with Gasteiger partial charge in [0, 0.05) is 24.8 Å². The molecule has 3 atom stereocenters. The summed E-state index contributed by atoms with van der Waals surface area (Å²) in [6, 6.07) is 4.53. The number of rotatable bonds is 8. The van der Waals surface area contributed by atoms with Gasteiger partial charge < -0.3 is 30.6 Å². The molecule has 1 amide bonds. The van der Waals surface area contributed by atoms with Crippen LogP contribution < -0.4 is 5.32 Å². The molecule has 1 fully saturated rings. The van der Waals surface area contributed by atoms with Crippen LogP contribution in [-0.4, -0.2) is 88.3 Å². The quantitative estimate of drug-likeness (QED) is 0.306. The van der Waals surface area contributed by atoms with Gasteiger partial charge >= 0.3 is 24.1 Å². The number of nitrogens with one attached hydrogen (secondary N) is 1. The molecule has 41 heavy (non-hydrogen) atoms. The van der Waals surface area contributed by atoms with Gasteiger partial charge in [-0.15, -0.1) is 0 Å². The van der Waals surface area contributed by atoms with E-state index >= 15 is 0 Å². The highest BCUT2D eigenvalue weighted by Gasteiger charge is 2.47. The van der Waals surface area contributed by atoms with Gasteiger partial charge in [-0.1, -0.05) is 13.0 Å². The third-order valence-electron chi connectivity index (χ3n) is 6.80. The van der Waals surface area contributed by atoms with Crippen LogP contribution in [0, 0.1) is 0 Å². The Morgan fingerprint density at radius 3 is 2.27 bits per heavy atom. The van der Waals surface area contributed by atoms with Crippen molar-refractivity contribution in [1.82, 2.24) is 19.7 Å². The highest BCUT2D eigenvalue weighted by Crippen LogP contribution is 2.42. The van der Waals surface area contributed by atoms with Crippen LogP contribution in [0.1, 0.15) is 73.7 Å². The summed E-state index contributed by atoms with van der Waals surface area (Å²) in [5, 5.41) is 41.3. The number of pyridine rings is 1. The Morgan fingerprint density at radius 1 is 1.10 bits per heavy atom. The first-order valence-corrected chi connectivity index (χ1v) is 12.7. The van der Waals surface area contributed by atoms with Crippen molar-refractivity contribution in [3.63, 3.8) is 0 Å². The number of aliphatic carboxylic acids is 3. The molecule has 16 heteroatoms. The number of carbonyl (C=O) groups excluding carboxylic acids is 1. The van der Waals surface area contributed by atoms with Crippen LogP contribution in [0.25, 0.3) is 0 Å². The zero-order chi connectivity index (χ0) is 30.5. The Labute approximate surface area is 231 Å². The molecule has 2 aromatic heterocycles. The van der Waals surface area contributed by atoms with E-state index in [0.717, 1.165) is 11.1 Å². The number of halogens is 3. The van der Waals surface area contributed by atoms with E-state index in [-0.39, 0.29) is 24.4 Å². The molecule has 2 aromatic rings. The van der Waals surface area contributed by atoms with Crippen molar-refractivity contribution >= 4 is 29.6 Å². The minimum absolute atomic E-state index is 0.0463. The minimum Gasteiger partial charge on any atom is -0.481 e. The highest BCUT2D eigenvalue weighted by atomic mass is 19.4. The van der Waals surface area contributed by atoms with Crippen LogP contribution in [0.15, 0.2) is 30.5 Å². The van der Waals surface area contributed by atoms with Crippen LogP contribution in [0.3, 0.4) is 0 Å². The fraction of sp³-hybridized carbons (Fsp3) is 0.520. The maximum Gasteiger partial charge on any atom is 0.410 e. The summed E-state index contributed by atoms with van der Waals surface area (Å²) in [7, 11) is 0. The first-order valence-electron chi connectivity index (χ1n) is 12.7. The summed E-state index contributed by atoms with van der Waals surface area (Å²) in [5.41, 5.74) is -1.91. The molecule has 2 aliphatic heterocycles. The fourth-order valence-electron chi connectivity index (χ4n) is 4.77. The molecular weight excluding hydrogens is 555 g/mol. The summed E-state index contributed by atoms with van der Waals surface area (Å²) >= 11 is 0. The van der Waals surface area contributed by atoms with Crippen LogP contribution in [0.2, 0.25) is 0 Å². The number of carboxylic acids is 3. The average molecular weight is 586 g/mol. The van der Waals surface area contributed by atoms with Gasteiger partial charge in [0.25, 0.3) is 5.91 Å². The Kier molecular flexibility index (Phi) is 9.57. The van der Waals surface area contributed by atoms with Gasteiger partial charge in [0.1, 0.15) is 11.5 Å². The van der Waals surface area contributed by atoms with Crippen molar-refractivity contribution in [1.29, 1.82) is 0 Å². The smallest absolute Gasteiger partial charge is 0.410 e. The largest absolute Gasteiger partial charge is 0.481 e. The van der Waals surface area contributed by atoms with Crippen molar-refractivity contribution in [3.8, 4) is 0 Å². The van der Waals surface area contributed by atoms with Crippen LogP contribution in [-0.2, 0) is 14.4 Å². The van der Waals surface area contributed by atoms with Gasteiger partial charge in [-0.2, -0.15) is 18.3 Å². The van der Waals surface area contributed by atoms with Crippen LogP contribution in [0.4, 0.5) is 19.0 Å². The Hall–Kier alpha value is -4.21. The topological polar surface area (TPSA) is 195 Å². The van der Waals surface area contributed by atoms with E-state index in [1.54, 1.807) is 35.4 Å². The van der Waals surface area contributed by atoms with Gasteiger partial charge in [-0.05, 0) is 37.8 Å². The lowest BCUT2D eigenvalue weighted by Gasteiger charge is -2.32. The number of aromatic nitrogens is 3. The number of hydrogen-bond donors (Lipinski definition) is 5.